The van der Waals surface area contributed by atoms with Gasteiger partial charge in [-0.2, -0.15) is 0 Å². The van der Waals surface area contributed by atoms with Crippen LogP contribution in [0.3, 0.4) is 0 Å². The highest BCUT2D eigenvalue weighted by Gasteiger charge is 2.20. The minimum Gasteiger partial charge on any atom is -0.469 e. The monoisotopic (exact) mass is 224 g/mol. The molecule has 0 radical (unpaired) electrons. The van der Waals surface area contributed by atoms with E-state index in [2.05, 4.69) is 4.98 Å². The molecule has 1 aliphatic rings. The van der Waals surface area contributed by atoms with Gasteiger partial charge in [0.2, 0.25) is 5.88 Å². The van der Waals surface area contributed by atoms with Crippen molar-refractivity contribution in [2.24, 2.45) is 5.73 Å². The summed E-state index contributed by atoms with van der Waals surface area (Å²) >= 11 is 4.91. The first kappa shape index (κ1) is 10.3. The molecule has 80 valence electrons. The van der Waals surface area contributed by atoms with Crippen molar-refractivity contribution < 1.29 is 9.47 Å². The number of thiocarbonyl (C=S) groups is 1. The fourth-order valence-electron chi connectivity index (χ4n) is 1.29. The number of aryl methyl sites for hydroxylation is 1. The van der Waals surface area contributed by atoms with Gasteiger partial charge in [0.05, 0.1) is 13.2 Å². The summed E-state index contributed by atoms with van der Waals surface area (Å²) in [5.74, 6) is 0.561. The molecule has 1 saturated heterocycles. The summed E-state index contributed by atoms with van der Waals surface area (Å²) in [5.41, 5.74) is 7.18. The van der Waals surface area contributed by atoms with E-state index >= 15 is 0 Å². The van der Waals surface area contributed by atoms with Crippen LogP contribution in [0.25, 0.3) is 0 Å². The molecule has 0 aliphatic carbocycles. The minimum absolute atomic E-state index is 0.110. The molecule has 1 fully saturated rings. The molecule has 2 N–H and O–H groups in total. The van der Waals surface area contributed by atoms with Crippen LogP contribution < -0.4 is 10.5 Å². The first-order valence-corrected chi connectivity index (χ1v) is 5.09. The van der Waals surface area contributed by atoms with Gasteiger partial charge in [0, 0.05) is 17.3 Å². The van der Waals surface area contributed by atoms with Gasteiger partial charge in [-0.05, 0) is 13.0 Å². The molecule has 0 unspecified atom stereocenters. The van der Waals surface area contributed by atoms with Crippen LogP contribution >= 0.6 is 12.2 Å². The molecule has 0 saturated carbocycles. The average Bonchev–Trinajstić information content (AvgIpc) is 2.10. The van der Waals surface area contributed by atoms with Crippen LogP contribution in [0.5, 0.6) is 5.88 Å². The Balaban J connectivity index is 2.18. The summed E-state index contributed by atoms with van der Waals surface area (Å²) in [4.78, 5) is 4.60. The zero-order valence-corrected chi connectivity index (χ0v) is 9.21. The van der Waals surface area contributed by atoms with Crippen molar-refractivity contribution in [3.05, 3.63) is 23.4 Å². The van der Waals surface area contributed by atoms with Crippen LogP contribution in [-0.4, -0.2) is 29.3 Å². The lowest BCUT2D eigenvalue weighted by molar-refractivity contribution is -0.0813. The molecule has 0 amide bonds. The molecule has 1 aromatic rings. The van der Waals surface area contributed by atoms with E-state index < -0.39 is 0 Å². The molecule has 4 nitrogen and oxygen atoms in total. The predicted molar refractivity (Wildman–Crippen MR) is 60.1 cm³/mol. The standard InChI is InChI=1S/C10H12N2O2S/c1-6-2-7(10(11)15)3-9(12-6)14-8-4-13-5-8/h2-3,8H,4-5H2,1H3,(H2,11,15). The van der Waals surface area contributed by atoms with Crippen molar-refractivity contribution in [1.82, 2.24) is 4.98 Å². The fraction of sp³-hybridized carbons (Fsp3) is 0.400. The summed E-state index contributed by atoms with van der Waals surface area (Å²) < 4.78 is 10.6. The largest absolute Gasteiger partial charge is 0.469 e. The van der Waals surface area contributed by atoms with Crippen LogP contribution in [0.2, 0.25) is 0 Å². The Hall–Kier alpha value is -1.20. The van der Waals surface area contributed by atoms with Gasteiger partial charge < -0.3 is 15.2 Å². The Morgan fingerprint density at radius 2 is 2.33 bits per heavy atom. The van der Waals surface area contributed by atoms with Crippen molar-refractivity contribution in [2.75, 3.05) is 13.2 Å². The second-order valence-corrected chi connectivity index (χ2v) is 3.92. The van der Waals surface area contributed by atoms with Gasteiger partial charge in [-0.25, -0.2) is 4.98 Å². The van der Waals surface area contributed by atoms with Gasteiger partial charge in [0.25, 0.3) is 0 Å². The molecule has 2 heterocycles. The molecule has 0 bridgehead atoms. The number of ether oxygens (including phenoxy) is 2. The lowest BCUT2D eigenvalue weighted by Gasteiger charge is -2.26. The van der Waals surface area contributed by atoms with Crippen molar-refractivity contribution in [3.8, 4) is 5.88 Å². The third-order valence-corrected chi connectivity index (χ3v) is 2.35. The van der Waals surface area contributed by atoms with E-state index in [1.807, 2.05) is 13.0 Å². The zero-order valence-electron chi connectivity index (χ0n) is 8.40. The van der Waals surface area contributed by atoms with Crippen LogP contribution in [-0.2, 0) is 4.74 Å². The van der Waals surface area contributed by atoms with Crippen molar-refractivity contribution in [1.29, 1.82) is 0 Å². The number of hydrogen-bond donors (Lipinski definition) is 1. The van der Waals surface area contributed by atoms with E-state index in [1.165, 1.54) is 0 Å². The number of nitrogens with two attached hydrogens (primary N) is 1. The van der Waals surface area contributed by atoms with Crippen LogP contribution in [0.15, 0.2) is 12.1 Å². The average molecular weight is 224 g/mol. The molecular weight excluding hydrogens is 212 g/mol. The third kappa shape index (κ3) is 2.43. The number of pyridine rings is 1. The van der Waals surface area contributed by atoms with E-state index in [-0.39, 0.29) is 6.10 Å². The quantitative estimate of drug-likeness (QED) is 0.770. The first-order valence-electron chi connectivity index (χ1n) is 4.68. The summed E-state index contributed by atoms with van der Waals surface area (Å²) in [6.07, 6.45) is 0.110. The first-order chi connectivity index (χ1) is 7.15. The van der Waals surface area contributed by atoms with E-state index in [1.54, 1.807) is 6.07 Å². The zero-order chi connectivity index (χ0) is 10.8. The maximum absolute atomic E-state index is 5.57. The molecule has 0 spiro atoms. The second kappa shape index (κ2) is 4.12. The van der Waals surface area contributed by atoms with Gasteiger partial charge in [0.15, 0.2) is 0 Å². The van der Waals surface area contributed by atoms with Crippen molar-refractivity contribution >= 4 is 17.2 Å². The molecule has 0 atom stereocenters. The van der Waals surface area contributed by atoms with Gasteiger partial charge in [0.1, 0.15) is 11.1 Å². The van der Waals surface area contributed by atoms with E-state index in [0.29, 0.717) is 24.1 Å². The summed E-state index contributed by atoms with van der Waals surface area (Å²) in [7, 11) is 0. The fourth-order valence-corrected chi connectivity index (χ4v) is 1.41. The Morgan fingerprint density at radius 1 is 1.60 bits per heavy atom. The van der Waals surface area contributed by atoms with E-state index in [0.717, 1.165) is 11.3 Å². The molecule has 0 aromatic carbocycles. The summed E-state index contributed by atoms with van der Waals surface area (Å²) in [6, 6.07) is 3.60. The maximum atomic E-state index is 5.57. The Labute approximate surface area is 93.4 Å². The van der Waals surface area contributed by atoms with Crippen LogP contribution in [0.4, 0.5) is 0 Å². The smallest absolute Gasteiger partial charge is 0.214 e. The van der Waals surface area contributed by atoms with Crippen molar-refractivity contribution in [3.63, 3.8) is 0 Å². The normalized spacial score (nSPS) is 15.8. The third-order valence-electron chi connectivity index (χ3n) is 2.11. The highest BCUT2D eigenvalue weighted by atomic mass is 32.1. The summed E-state index contributed by atoms with van der Waals surface area (Å²) in [5, 5.41) is 0. The van der Waals surface area contributed by atoms with Gasteiger partial charge in [-0.1, -0.05) is 12.2 Å². The number of rotatable bonds is 3. The number of aromatic nitrogens is 1. The minimum atomic E-state index is 0.110. The Morgan fingerprint density at radius 3 is 2.87 bits per heavy atom. The summed E-state index contributed by atoms with van der Waals surface area (Å²) in [6.45, 7) is 3.13. The van der Waals surface area contributed by atoms with E-state index in [9.17, 15) is 0 Å². The highest BCUT2D eigenvalue weighted by molar-refractivity contribution is 7.80. The van der Waals surface area contributed by atoms with Crippen LogP contribution in [0, 0.1) is 6.92 Å². The van der Waals surface area contributed by atoms with Crippen LogP contribution in [0.1, 0.15) is 11.3 Å². The Bertz CT molecular complexity index is 391. The van der Waals surface area contributed by atoms with Gasteiger partial charge in [-0.3, -0.25) is 0 Å². The Kier molecular flexibility index (Phi) is 2.83. The lowest BCUT2D eigenvalue weighted by atomic mass is 10.2. The second-order valence-electron chi connectivity index (χ2n) is 3.48. The molecule has 2 rings (SSSR count). The van der Waals surface area contributed by atoms with Gasteiger partial charge in [-0.15, -0.1) is 0 Å². The van der Waals surface area contributed by atoms with Crippen molar-refractivity contribution in [2.45, 2.75) is 13.0 Å². The molecular formula is C10H12N2O2S. The maximum Gasteiger partial charge on any atom is 0.214 e. The lowest BCUT2D eigenvalue weighted by Crippen LogP contribution is -2.38. The SMILES string of the molecule is Cc1cc(C(N)=S)cc(OC2COC2)n1. The number of nitrogens with zero attached hydrogens (tertiary/aromatic N) is 1. The van der Waals surface area contributed by atoms with Gasteiger partial charge >= 0.3 is 0 Å². The molecule has 1 aromatic heterocycles. The molecule has 1 aliphatic heterocycles. The molecule has 15 heavy (non-hydrogen) atoms. The predicted octanol–water partition coefficient (Wildman–Crippen LogP) is 0.802. The highest BCUT2D eigenvalue weighted by Crippen LogP contribution is 2.16. The topological polar surface area (TPSA) is 57.4 Å². The number of hydrogen-bond acceptors (Lipinski definition) is 4. The molecule has 5 heteroatoms. The van der Waals surface area contributed by atoms with E-state index in [4.69, 9.17) is 27.4 Å².